The second-order valence-corrected chi connectivity index (χ2v) is 3.89. The van der Waals surface area contributed by atoms with Gasteiger partial charge in [-0.1, -0.05) is 55.1 Å². The molecular weight excluding hydrogens is 224 g/mol. The summed E-state index contributed by atoms with van der Waals surface area (Å²) >= 11 is 0. The summed E-state index contributed by atoms with van der Waals surface area (Å²) in [6.07, 6.45) is 1.87. The molecule has 0 atom stereocenters. The van der Waals surface area contributed by atoms with Crippen molar-refractivity contribution in [1.29, 1.82) is 0 Å². The number of hydrogen-bond donors (Lipinski definition) is 0. The van der Waals surface area contributed by atoms with Gasteiger partial charge in [0.25, 0.3) is 0 Å². The summed E-state index contributed by atoms with van der Waals surface area (Å²) in [5, 5.41) is 0. The first-order valence-corrected chi connectivity index (χ1v) is 5.75. The maximum absolute atomic E-state index is 11.8. The van der Waals surface area contributed by atoms with E-state index in [1.54, 1.807) is 6.07 Å². The second kappa shape index (κ2) is 5.82. The van der Waals surface area contributed by atoms with Gasteiger partial charge in [-0.25, -0.2) is 4.79 Å². The van der Waals surface area contributed by atoms with Gasteiger partial charge < -0.3 is 4.74 Å². The van der Waals surface area contributed by atoms with Gasteiger partial charge in [-0.05, 0) is 23.6 Å². The summed E-state index contributed by atoms with van der Waals surface area (Å²) in [5.74, 6) is -0.364. The minimum atomic E-state index is -0.364. The molecule has 2 aromatic rings. The summed E-state index contributed by atoms with van der Waals surface area (Å²) in [6.45, 7) is 3.40. The lowest BCUT2D eigenvalue weighted by Gasteiger charge is -2.07. The first-order chi connectivity index (χ1) is 8.81. The van der Waals surface area contributed by atoms with Crippen LogP contribution in [0.4, 0.5) is 0 Å². The van der Waals surface area contributed by atoms with Gasteiger partial charge in [0.15, 0.2) is 0 Å². The highest BCUT2D eigenvalue weighted by Crippen LogP contribution is 2.15. The second-order valence-electron chi connectivity index (χ2n) is 3.89. The largest absolute Gasteiger partial charge is 0.432 e. The highest BCUT2D eigenvalue weighted by atomic mass is 16.5. The average Bonchev–Trinajstić information content (AvgIpc) is 2.41. The number of rotatable bonds is 4. The molecule has 0 saturated heterocycles. The molecule has 0 aliphatic rings. The summed E-state index contributed by atoms with van der Waals surface area (Å²) in [5.41, 5.74) is 2.70. The van der Waals surface area contributed by atoms with E-state index in [0.717, 1.165) is 17.4 Å². The third kappa shape index (κ3) is 2.86. The minimum absolute atomic E-state index is 0.364. The number of carbonyl (C=O) groups excluding carboxylic acids is 1. The number of carbonyl (C=O) groups is 1. The van der Waals surface area contributed by atoms with Crippen molar-refractivity contribution >= 4 is 5.97 Å². The molecule has 18 heavy (non-hydrogen) atoms. The zero-order valence-electron chi connectivity index (χ0n) is 10.0. The topological polar surface area (TPSA) is 26.3 Å². The van der Waals surface area contributed by atoms with Crippen molar-refractivity contribution in [3.05, 3.63) is 84.1 Å². The predicted molar refractivity (Wildman–Crippen MR) is 71.3 cm³/mol. The third-order valence-corrected chi connectivity index (χ3v) is 2.67. The Balaban J connectivity index is 2.28. The molecule has 2 rings (SSSR count). The molecule has 2 nitrogen and oxygen atoms in total. The van der Waals surface area contributed by atoms with Crippen LogP contribution in [0.15, 0.2) is 67.4 Å². The molecule has 0 saturated carbocycles. The fourth-order valence-electron chi connectivity index (χ4n) is 1.83. The molecule has 0 aliphatic heterocycles. The zero-order valence-corrected chi connectivity index (χ0v) is 10.0. The molecule has 2 aromatic carbocycles. The van der Waals surface area contributed by atoms with E-state index < -0.39 is 0 Å². The van der Waals surface area contributed by atoms with Crippen LogP contribution in [0.2, 0.25) is 0 Å². The van der Waals surface area contributed by atoms with E-state index in [4.69, 9.17) is 4.74 Å². The quantitative estimate of drug-likeness (QED) is 0.601. The van der Waals surface area contributed by atoms with Crippen LogP contribution in [0.25, 0.3) is 0 Å². The summed E-state index contributed by atoms with van der Waals surface area (Å²) in [6, 6.07) is 17.5. The summed E-state index contributed by atoms with van der Waals surface area (Å²) in [7, 11) is 0. The van der Waals surface area contributed by atoms with E-state index in [1.807, 2.05) is 48.5 Å². The van der Waals surface area contributed by atoms with Crippen LogP contribution in [-0.4, -0.2) is 5.97 Å². The SMILES string of the molecule is C=COC(=O)c1ccccc1Cc1ccccc1. The standard InChI is InChI=1S/C16H14O2/c1-2-18-16(17)15-11-7-6-10-14(15)12-13-8-4-3-5-9-13/h2-11H,1,12H2. The maximum atomic E-state index is 11.8. The normalized spacial score (nSPS) is 9.78. The number of esters is 1. The summed E-state index contributed by atoms with van der Waals surface area (Å²) in [4.78, 5) is 11.8. The molecule has 2 heteroatoms. The molecule has 0 aliphatic carbocycles. The van der Waals surface area contributed by atoms with Crippen LogP contribution < -0.4 is 0 Å². The summed E-state index contributed by atoms with van der Waals surface area (Å²) < 4.78 is 4.83. The lowest BCUT2D eigenvalue weighted by Crippen LogP contribution is -2.05. The average molecular weight is 238 g/mol. The minimum Gasteiger partial charge on any atom is -0.432 e. The van der Waals surface area contributed by atoms with Gasteiger partial charge >= 0.3 is 5.97 Å². The Kier molecular flexibility index (Phi) is 3.92. The van der Waals surface area contributed by atoms with Gasteiger partial charge in [-0.15, -0.1) is 0 Å². The molecular formula is C16H14O2. The molecule has 0 spiro atoms. The Hall–Kier alpha value is -2.35. The first kappa shape index (κ1) is 12.1. The monoisotopic (exact) mass is 238 g/mol. The van der Waals surface area contributed by atoms with Crippen molar-refractivity contribution in [1.82, 2.24) is 0 Å². The van der Waals surface area contributed by atoms with E-state index in [1.165, 1.54) is 0 Å². The Morgan fingerprint density at radius 2 is 1.72 bits per heavy atom. The molecule has 0 unspecified atom stereocenters. The Morgan fingerprint density at radius 1 is 1.06 bits per heavy atom. The van der Waals surface area contributed by atoms with Gasteiger partial charge in [-0.3, -0.25) is 0 Å². The van der Waals surface area contributed by atoms with Crippen molar-refractivity contribution in [3.63, 3.8) is 0 Å². The van der Waals surface area contributed by atoms with Crippen LogP contribution in [0.5, 0.6) is 0 Å². The lowest BCUT2D eigenvalue weighted by molar-refractivity contribution is 0.0663. The predicted octanol–water partition coefficient (Wildman–Crippen LogP) is 3.58. The molecule has 0 radical (unpaired) electrons. The van der Waals surface area contributed by atoms with E-state index in [-0.39, 0.29) is 5.97 Å². The molecule has 0 aromatic heterocycles. The van der Waals surface area contributed by atoms with E-state index in [9.17, 15) is 4.79 Å². The van der Waals surface area contributed by atoms with Crippen LogP contribution in [0.3, 0.4) is 0 Å². The molecule has 90 valence electrons. The fourth-order valence-corrected chi connectivity index (χ4v) is 1.83. The van der Waals surface area contributed by atoms with Crippen LogP contribution in [-0.2, 0) is 11.2 Å². The third-order valence-electron chi connectivity index (χ3n) is 2.67. The van der Waals surface area contributed by atoms with E-state index in [0.29, 0.717) is 12.0 Å². The Labute approximate surface area is 107 Å². The van der Waals surface area contributed by atoms with Crippen molar-refractivity contribution < 1.29 is 9.53 Å². The van der Waals surface area contributed by atoms with E-state index in [2.05, 4.69) is 6.58 Å². The van der Waals surface area contributed by atoms with Crippen LogP contribution >= 0.6 is 0 Å². The highest BCUT2D eigenvalue weighted by Gasteiger charge is 2.11. The number of hydrogen-bond acceptors (Lipinski definition) is 2. The van der Waals surface area contributed by atoms with Crippen molar-refractivity contribution in [2.75, 3.05) is 0 Å². The molecule has 0 amide bonds. The van der Waals surface area contributed by atoms with Gasteiger partial charge in [0.1, 0.15) is 0 Å². The zero-order chi connectivity index (χ0) is 12.8. The molecule has 0 bridgehead atoms. The van der Waals surface area contributed by atoms with Gasteiger partial charge in [0.2, 0.25) is 0 Å². The van der Waals surface area contributed by atoms with Crippen LogP contribution in [0.1, 0.15) is 21.5 Å². The van der Waals surface area contributed by atoms with Gasteiger partial charge in [0.05, 0.1) is 11.8 Å². The fraction of sp³-hybridized carbons (Fsp3) is 0.0625. The highest BCUT2D eigenvalue weighted by molar-refractivity contribution is 5.91. The van der Waals surface area contributed by atoms with Crippen molar-refractivity contribution in [2.24, 2.45) is 0 Å². The number of benzene rings is 2. The van der Waals surface area contributed by atoms with Crippen molar-refractivity contribution in [2.45, 2.75) is 6.42 Å². The van der Waals surface area contributed by atoms with Crippen molar-refractivity contribution in [3.8, 4) is 0 Å². The first-order valence-electron chi connectivity index (χ1n) is 5.75. The molecule has 0 heterocycles. The van der Waals surface area contributed by atoms with Crippen LogP contribution in [0, 0.1) is 0 Å². The van der Waals surface area contributed by atoms with Gasteiger partial charge in [-0.2, -0.15) is 0 Å². The molecule has 0 N–H and O–H groups in total. The van der Waals surface area contributed by atoms with E-state index >= 15 is 0 Å². The Bertz CT molecular complexity index is 544. The Morgan fingerprint density at radius 3 is 2.44 bits per heavy atom. The molecule has 0 fully saturated rings. The number of ether oxygens (including phenoxy) is 1. The lowest BCUT2D eigenvalue weighted by atomic mass is 10.00. The maximum Gasteiger partial charge on any atom is 0.343 e. The smallest absolute Gasteiger partial charge is 0.343 e. The van der Waals surface area contributed by atoms with Gasteiger partial charge in [0, 0.05) is 0 Å².